The highest BCUT2D eigenvalue weighted by Gasteiger charge is 2.25. The average molecular weight is 324 g/mol. The minimum absolute atomic E-state index is 0. The molecule has 0 saturated carbocycles. The molecular formula is C13H17Cl3N2O. The third-order valence-corrected chi connectivity index (χ3v) is 3.90. The van der Waals surface area contributed by atoms with E-state index in [0.717, 1.165) is 24.9 Å². The predicted octanol–water partition coefficient (Wildman–Crippen LogP) is 3.13. The quantitative estimate of drug-likeness (QED) is 0.927. The van der Waals surface area contributed by atoms with Crippen LogP contribution in [-0.2, 0) is 11.3 Å². The molecule has 1 aromatic rings. The first-order valence-electron chi connectivity index (χ1n) is 6.01. The lowest BCUT2D eigenvalue weighted by atomic mass is 10.1. The summed E-state index contributed by atoms with van der Waals surface area (Å²) in [5, 5.41) is 4.39. The number of benzene rings is 1. The smallest absolute Gasteiger partial charge is 0.239 e. The van der Waals surface area contributed by atoms with Gasteiger partial charge in [0.1, 0.15) is 0 Å². The highest BCUT2D eigenvalue weighted by molar-refractivity contribution is 6.36. The van der Waals surface area contributed by atoms with E-state index in [4.69, 9.17) is 23.2 Å². The molecule has 6 heteroatoms. The summed E-state index contributed by atoms with van der Waals surface area (Å²) < 4.78 is 0. The highest BCUT2D eigenvalue weighted by Crippen LogP contribution is 2.25. The van der Waals surface area contributed by atoms with Gasteiger partial charge < -0.3 is 10.2 Å². The lowest BCUT2D eigenvalue weighted by molar-refractivity contribution is -0.132. The zero-order chi connectivity index (χ0) is 13.1. The van der Waals surface area contributed by atoms with Crippen LogP contribution < -0.4 is 5.32 Å². The van der Waals surface area contributed by atoms with Crippen LogP contribution in [-0.4, -0.2) is 30.4 Å². The SMILES string of the molecule is CN(Cc1c(Cl)cccc1Cl)C(=O)C1CCCN1.Cl. The van der Waals surface area contributed by atoms with Gasteiger partial charge in [-0.3, -0.25) is 4.79 Å². The molecule has 0 aliphatic carbocycles. The Labute approximate surface area is 129 Å². The van der Waals surface area contributed by atoms with Gasteiger partial charge >= 0.3 is 0 Å². The fourth-order valence-electron chi connectivity index (χ4n) is 2.16. The van der Waals surface area contributed by atoms with Crippen LogP contribution in [0.15, 0.2) is 18.2 Å². The normalized spacial score (nSPS) is 17.9. The molecule has 0 aromatic heterocycles. The van der Waals surface area contributed by atoms with Gasteiger partial charge in [0, 0.05) is 29.2 Å². The Hall–Kier alpha value is -0.480. The van der Waals surface area contributed by atoms with Gasteiger partial charge in [0.2, 0.25) is 5.91 Å². The van der Waals surface area contributed by atoms with E-state index in [-0.39, 0.29) is 24.4 Å². The average Bonchev–Trinajstić information content (AvgIpc) is 2.86. The third-order valence-electron chi connectivity index (χ3n) is 3.19. The molecule has 1 aromatic carbocycles. The van der Waals surface area contributed by atoms with E-state index < -0.39 is 0 Å². The largest absolute Gasteiger partial charge is 0.340 e. The monoisotopic (exact) mass is 322 g/mol. The summed E-state index contributed by atoms with van der Waals surface area (Å²) in [5.41, 5.74) is 0.801. The van der Waals surface area contributed by atoms with E-state index in [9.17, 15) is 4.79 Å². The van der Waals surface area contributed by atoms with Gasteiger partial charge in [-0.2, -0.15) is 0 Å². The van der Waals surface area contributed by atoms with E-state index in [1.807, 2.05) is 0 Å². The lowest BCUT2D eigenvalue weighted by Crippen LogP contribution is -2.41. The Balaban J connectivity index is 0.00000180. The van der Waals surface area contributed by atoms with Crippen LogP contribution in [0.3, 0.4) is 0 Å². The van der Waals surface area contributed by atoms with Crippen molar-refractivity contribution in [2.24, 2.45) is 0 Å². The van der Waals surface area contributed by atoms with Gasteiger partial charge in [0.05, 0.1) is 6.04 Å². The number of nitrogens with one attached hydrogen (secondary N) is 1. The van der Waals surface area contributed by atoms with Gasteiger partial charge in [-0.1, -0.05) is 29.3 Å². The molecular weight excluding hydrogens is 307 g/mol. The number of hydrogen-bond donors (Lipinski definition) is 1. The first-order valence-corrected chi connectivity index (χ1v) is 6.76. The molecule has 0 radical (unpaired) electrons. The van der Waals surface area contributed by atoms with Gasteiger partial charge in [-0.05, 0) is 31.5 Å². The first kappa shape index (κ1) is 16.6. The molecule has 1 heterocycles. The van der Waals surface area contributed by atoms with E-state index in [2.05, 4.69) is 5.32 Å². The van der Waals surface area contributed by atoms with Crippen molar-refractivity contribution in [2.75, 3.05) is 13.6 Å². The zero-order valence-electron chi connectivity index (χ0n) is 10.7. The first-order chi connectivity index (χ1) is 8.59. The summed E-state index contributed by atoms with van der Waals surface area (Å²) in [5.74, 6) is 0.100. The maximum absolute atomic E-state index is 12.1. The fraction of sp³-hybridized carbons (Fsp3) is 0.462. The number of likely N-dealkylation sites (N-methyl/N-ethyl adjacent to an activating group) is 1. The summed E-state index contributed by atoms with van der Waals surface area (Å²) in [6, 6.07) is 5.31. The number of halogens is 3. The Morgan fingerprint density at radius 2 is 2.05 bits per heavy atom. The summed E-state index contributed by atoms with van der Waals surface area (Å²) in [6.07, 6.45) is 1.95. The van der Waals surface area contributed by atoms with Gasteiger partial charge in [0.25, 0.3) is 0 Å². The maximum atomic E-state index is 12.1. The van der Waals surface area contributed by atoms with E-state index >= 15 is 0 Å². The van der Waals surface area contributed by atoms with Crippen LogP contribution in [0.1, 0.15) is 18.4 Å². The van der Waals surface area contributed by atoms with Crippen molar-refractivity contribution in [3.05, 3.63) is 33.8 Å². The van der Waals surface area contributed by atoms with Crippen molar-refractivity contribution in [2.45, 2.75) is 25.4 Å². The van der Waals surface area contributed by atoms with E-state index in [1.54, 1.807) is 30.1 Å². The Morgan fingerprint density at radius 1 is 1.42 bits per heavy atom. The molecule has 1 saturated heterocycles. The molecule has 2 rings (SSSR count). The molecule has 0 spiro atoms. The minimum Gasteiger partial charge on any atom is -0.340 e. The van der Waals surface area contributed by atoms with Crippen molar-refractivity contribution >= 4 is 41.5 Å². The Bertz CT molecular complexity index is 427. The van der Waals surface area contributed by atoms with E-state index in [1.165, 1.54) is 0 Å². The van der Waals surface area contributed by atoms with E-state index in [0.29, 0.717) is 16.6 Å². The van der Waals surface area contributed by atoms with Crippen molar-refractivity contribution in [1.82, 2.24) is 10.2 Å². The molecule has 3 nitrogen and oxygen atoms in total. The summed E-state index contributed by atoms with van der Waals surface area (Å²) in [6.45, 7) is 1.35. The number of rotatable bonds is 3. The molecule has 1 amide bonds. The third kappa shape index (κ3) is 3.99. The van der Waals surface area contributed by atoms with Gasteiger partial charge in [-0.25, -0.2) is 0 Å². The van der Waals surface area contributed by atoms with Crippen molar-refractivity contribution in [1.29, 1.82) is 0 Å². The number of carbonyl (C=O) groups excluding carboxylic acids is 1. The van der Waals surface area contributed by atoms with Crippen LogP contribution in [0, 0.1) is 0 Å². The van der Waals surface area contributed by atoms with Crippen LogP contribution in [0.5, 0.6) is 0 Å². The molecule has 1 aliphatic rings. The van der Waals surface area contributed by atoms with Crippen LogP contribution in [0.25, 0.3) is 0 Å². The second-order valence-electron chi connectivity index (χ2n) is 4.54. The molecule has 1 aliphatic heterocycles. The predicted molar refractivity (Wildman–Crippen MR) is 81.2 cm³/mol. The second kappa shape index (κ2) is 7.34. The van der Waals surface area contributed by atoms with Crippen LogP contribution >= 0.6 is 35.6 Å². The molecule has 1 N–H and O–H groups in total. The van der Waals surface area contributed by atoms with Crippen molar-refractivity contribution < 1.29 is 4.79 Å². The molecule has 1 atom stereocenters. The number of hydrogen-bond acceptors (Lipinski definition) is 2. The molecule has 19 heavy (non-hydrogen) atoms. The summed E-state index contributed by atoms with van der Waals surface area (Å²) in [7, 11) is 1.78. The zero-order valence-corrected chi connectivity index (χ0v) is 13.0. The number of carbonyl (C=O) groups is 1. The Kier molecular flexibility index (Phi) is 6.40. The molecule has 1 fully saturated rings. The molecule has 106 valence electrons. The fourth-order valence-corrected chi connectivity index (χ4v) is 2.68. The van der Waals surface area contributed by atoms with Crippen molar-refractivity contribution in [3.8, 4) is 0 Å². The van der Waals surface area contributed by atoms with Crippen LogP contribution in [0.2, 0.25) is 10.0 Å². The summed E-state index contributed by atoms with van der Waals surface area (Å²) in [4.78, 5) is 13.8. The maximum Gasteiger partial charge on any atom is 0.239 e. The van der Waals surface area contributed by atoms with Gasteiger partial charge in [-0.15, -0.1) is 12.4 Å². The number of nitrogens with zero attached hydrogens (tertiary/aromatic N) is 1. The number of amides is 1. The standard InChI is InChI=1S/C13H16Cl2N2O.ClH/c1-17(13(18)12-6-3-7-16-12)8-9-10(14)4-2-5-11(9)15;/h2,4-5,12,16H,3,6-8H2,1H3;1H. The van der Waals surface area contributed by atoms with Gasteiger partial charge in [0.15, 0.2) is 0 Å². The highest BCUT2D eigenvalue weighted by atomic mass is 35.5. The minimum atomic E-state index is -0.0590. The summed E-state index contributed by atoms with van der Waals surface area (Å²) >= 11 is 12.2. The second-order valence-corrected chi connectivity index (χ2v) is 5.36. The lowest BCUT2D eigenvalue weighted by Gasteiger charge is -2.22. The molecule has 0 bridgehead atoms. The van der Waals surface area contributed by atoms with Crippen LogP contribution in [0.4, 0.5) is 0 Å². The van der Waals surface area contributed by atoms with Crippen molar-refractivity contribution in [3.63, 3.8) is 0 Å². The molecule has 1 unspecified atom stereocenters. The topological polar surface area (TPSA) is 32.3 Å². The Morgan fingerprint density at radius 3 is 2.58 bits per heavy atom.